The number of hydrogen-bond acceptors (Lipinski definition) is 1. The molecule has 1 aromatic rings. The second-order valence-corrected chi connectivity index (χ2v) is 3.09. The van der Waals surface area contributed by atoms with Gasteiger partial charge in [-0.1, -0.05) is 6.92 Å². The van der Waals surface area contributed by atoms with Crippen LogP contribution in [-0.2, 0) is 6.42 Å². The summed E-state index contributed by atoms with van der Waals surface area (Å²) in [6.07, 6.45) is 1.10. The Bertz CT molecular complexity index is 253. The van der Waals surface area contributed by atoms with Crippen molar-refractivity contribution in [3.63, 3.8) is 0 Å². The van der Waals surface area contributed by atoms with E-state index < -0.39 is 0 Å². The zero-order chi connectivity index (χ0) is 9.14. The molecule has 1 heteroatoms. The average Bonchev–Trinajstić information content (AvgIpc) is 2.03. The van der Waals surface area contributed by atoms with Crippen LogP contribution in [-0.4, -0.2) is 7.11 Å². The minimum absolute atomic E-state index is 0.960. The third kappa shape index (κ3) is 1.60. The van der Waals surface area contributed by atoms with Crippen LogP contribution in [0.1, 0.15) is 23.6 Å². The van der Waals surface area contributed by atoms with Crippen molar-refractivity contribution >= 4 is 0 Å². The second kappa shape index (κ2) is 3.61. The lowest BCUT2D eigenvalue weighted by Gasteiger charge is -2.09. The summed E-state index contributed by atoms with van der Waals surface area (Å²) in [6, 6.07) is 4.18. The number of methoxy groups -OCH3 is 1. The quantitative estimate of drug-likeness (QED) is 0.653. The van der Waals surface area contributed by atoms with E-state index in [1.165, 1.54) is 16.7 Å². The molecule has 0 atom stereocenters. The smallest absolute Gasteiger partial charge is 0.119 e. The zero-order valence-corrected chi connectivity index (χ0v) is 8.27. The highest BCUT2D eigenvalue weighted by Crippen LogP contribution is 2.21. The lowest BCUT2D eigenvalue weighted by atomic mass is 10.0. The predicted octanol–water partition coefficient (Wildman–Crippen LogP) is 2.87. The van der Waals surface area contributed by atoms with E-state index in [9.17, 15) is 0 Å². The molecule has 0 unspecified atom stereocenters. The average molecular weight is 164 g/mol. The Morgan fingerprint density at radius 2 is 1.67 bits per heavy atom. The Morgan fingerprint density at radius 1 is 1.17 bits per heavy atom. The normalized spacial score (nSPS) is 10.0. The highest BCUT2D eigenvalue weighted by atomic mass is 16.5. The lowest BCUT2D eigenvalue weighted by molar-refractivity contribution is 0.414. The molecule has 0 aliphatic carbocycles. The van der Waals surface area contributed by atoms with Crippen molar-refractivity contribution < 1.29 is 4.74 Å². The van der Waals surface area contributed by atoms with Crippen molar-refractivity contribution in [2.24, 2.45) is 0 Å². The van der Waals surface area contributed by atoms with Crippen LogP contribution in [0.4, 0.5) is 0 Å². The minimum atomic E-state index is 0.960. The first-order chi connectivity index (χ1) is 5.69. The number of rotatable bonds is 2. The fraction of sp³-hybridized carbons (Fsp3) is 0.455. The summed E-state index contributed by atoms with van der Waals surface area (Å²) >= 11 is 0. The van der Waals surface area contributed by atoms with Crippen LogP contribution >= 0.6 is 0 Å². The van der Waals surface area contributed by atoms with Crippen LogP contribution in [0.15, 0.2) is 12.1 Å². The molecule has 0 N–H and O–H groups in total. The monoisotopic (exact) mass is 164 g/mol. The van der Waals surface area contributed by atoms with Crippen molar-refractivity contribution in [1.29, 1.82) is 0 Å². The van der Waals surface area contributed by atoms with Gasteiger partial charge in [0, 0.05) is 0 Å². The highest BCUT2D eigenvalue weighted by molar-refractivity contribution is 5.40. The summed E-state index contributed by atoms with van der Waals surface area (Å²) in [5.41, 5.74) is 4.10. The number of benzene rings is 1. The van der Waals surface area contributed by atoms with Crippen LogP contribution in [0.25, 0.3) is 0 Å². The molecule has 0 amide bonds. The Balaban J connectivity index is 3.18. The predicted molar refractivity (Wildman–Crippen MR) is 51.8 cm³/mol. The molecular weight excluding hydrogens is 148 g/mol. The first-order valence-electron chi connectivity index (χ1n) is 4.33. The fourth-order valence-corrected chi connectivity index (χ4v) is 1.63. The van der Waals surface area contributed by atoms with Gasteiger partial charge >= 0.3 is 0 Å². The second-order valence-electron chi connectivity index (χ2n) is 3.09. The van der Waals surface area contributed by atoms with E-state index in [0.717, 1.165) is 12.2 Å². The summed E-state index contributed by atoms with van der Waals surface area (Å²) < 4.78 is 5.18. The molecule has 12 heavy (non-hydrogen) atoms. The van der Waals surface area contributed by atoms with Gasteiger partial charge in [-0.05, 0) is 49.1 Å². The van der Waals surface area contributed by atoms with Gasteiger partial charge < -0.3 is 4.74 Å². The third-order valence-corrected chi connectivity index (χ3v) is 2.26. The van der Waals surface area contributed by atoms with Crippen molar-refractivity contribution in [3.8, 4) is 5.75 Å². The highest BCUT2D eigenvalue weighted by Gasteiger charge is 2.02. The molecule has 0 saturated carbocycles. The van der Waals surface area contributed by atoms with E-state index in [1.54, 1.807) is 7.11 Å². The summed E-state index contributed by atoms with van der Waals surface area (Å²) in [4.78, 5) is 0. The lowest BCUT2D eigenvalue weighted by Crippen LogP contribution is -1.93. The van der Waals surface area contributed by atoms with Gasteiger partial charge in [-0.2, -0.15) is 0 Å². The van der Waals surface area contributed by atoms with Gasteiger partial charge in [0.25, 0.3) is 0 Å². The molecule has 66 valence electrons. The van der Waals surface area contributed by atoms with Crippen molar-refractivity contribution in [1.82, 2.24) is 0 Å². The van der Waals surface area contributed by atoms with E-state index in [2.05, 4.69) is 32.9 Å². The minimum Gasteiger partial charge on any atom is -0.497 e. The van der Waals surface area contributed by atoms with E-state index in [4.69, 9.17) is 4.74 Å². The fourth-order valence-electron chi connectivity index (χ4n) is 1.63. The van der Waals surface area contributed by atoms with Crippen molar-refractivity contribution in [3.05, 3.63) is 28.8 Å². The number of aryl methyl sites for hydroxylation is 2. The molecule has 1 nitrogen and oxygen atoms in total. The molecule has 0 fully saturated rings. The van der Waals surface area contributed by atoms with Crippen LogP contribution < -0.4 is 4.74 Å². The third-order valence-electron chi connectivity index (χ3n) is 2.26. The molecule has 0 aliphatic heterocycles. The first kappa shape index (κ1) is 9.11. The Hall–Kier alpha value is -0.980. The Kier molecular flexibility index (Phi) is 2.74. The Labute approximate surface area is 74.4 Å². The molecule has 0 aromatic heterocycles. The first-order valence-corrected chi connectivity index (χ1v) is 4.33. The van der Waals surface area contributed by atoms with E-state index in [-0.39, 0.29) is 0 Å². The largest absolute Gasteiger partial charge is 0.497 e. The Morgan fingerprint density at radius 3 is 2.00 bits per heavy atom. The topological polar surface area (TPSA) is 9.23 Å². The van der Waals surface area contributed by atoms with Crippen molar-refractivity contribution in [2.45, 2.75) is 27.2 Å². The van der Waals surface area contributed by atoms with Gasteiger partial charge in [-0.3, -0.25) is 0 Å². The molecule has 0 radical (unpaired) electrons. The number of hydrogen-bond donors (Lipinski definition) is 0. The van der Waals surface area contributed by atoms with Gasteiger partial charge in [0.05, 0.1) is 7.11 Å². The van der Waals surface area contributed by atoms with E-state index in [0.29, 0.717) is 0 Å². The van der Waals surface area contributed by atoms with Gasteiger partial charge in [-0.15, -0.1) is 0 Å². The van der Waals surface area contributed by atoms with Crippen LogP contribution in [0.2, 0.25) is 0 Å². The maximum Gasteiger partial charge on any atom is 0.119 e. The van der Waals surface area contributed by atoms with E-state index in [1.807, 2.05) is 0 Å². The molecule has 1 aromatic carbocycles. The molecule has 1 rings (SSSR count). The molecule has 0 bridgehead atoms. The molecule has 0 heterocycles. The number of ether oxygens (including phenoxy) is 1. The summed E-state index contributed by atoms with van der Waals surface area (Å²) in [5, 5.41) is 0. The van der Waals surface area contributed by atoms with Crippen LogP contribution in [0.3, 0.4) is 0 Å². The maximum atomic E-state index is 5.18. The standard InChI is InChI=1S/C11H16O/c1-5-11-8(2)6-10(12-4)7-9(11)3/h6-7H,5H2,1-4H3. The van der Waals surface area contributed by atoms with Gasteiger partial charge in [0.2, 0.25) is 0 Å². The molecule has 0 saturated heterocycles. The molecule has 0 aliphatic rings. The summed E-state index contributed by atoms with van der Waals surface area (Å²) in [6.45, 7) is 6.45. The van der Waals surface area contributed by atoms with E-state index >= 15 is 0 Å². The van der Waals surface area contributed by atoms with Crippen LogP contribution in [0, 0.1) is 13.8 Å². The van der Waals surface area contributed by atoms with Crippen molar-refractivity contribution in [2.75, 3.05) is 7.11 Å². The van der Waals surface area contributed by atoms with Crippen LogP contribution in [0.5, 0.6) is 5.75 Å². The molecule has 0 spiro atoms. The molecular formula is C11H16O. The summed E-state index contributed by atoms with van der Waals surface area (Å²) in [7, 11) is 1.71. The maximum absolute atomic E-state index is 5.18. The van der Waals surface area contributed by atoms with Gasteiger partial charge in [-0.25, -0.2) is 0 Å². The summed E-state index contributed by atoms with van der Waals surface area (Å²) in [5.74, 6) is 0.960. The zero-order valence-electron chi connectivity index (χ0n) is 8.27. The van der Waals surface area contributed by atoms with Gasteiger partial charge in [0.15, 0.2) is 0 Å². The van der Waals surface area contributed by atoms with Gasteiger partial charge in [0.1, 0.15) is 5.75 Å². The SMILES string of the molecule is CCc1c(C)cc(OC)cc1C.